The van der Waals surface area contributed by atoms with Gasteiger partial charge in [0, 0.05) is 29.0 Å². The van der Waals surface area contributed by atoms with Gasteiger partial charge in [0.05, 0.1) is 6.42 Å². The van der Waals surface area contributed by atoms with Crippen LogP contribution in [0.3, 0.4) is 0 Å². The standard InChI is InChI=1S/C20H22ClN3O3/c21-15-4-5-18(25)14(10-15)11-19(26)24-16-7-9-22-17(12-16)20(27)23-8-6-13-2-1-3-13/h4-5,7,9-10,12-13,25H,1-3,6,8,11H2,(H,23,27)(H,22,24,26). The Morgan fingerprint density at radius 2 is 2.04 bits per heavy atom. The second kappa shape index (κ2) is 8.86. The van der Waals surface area contributed by atoms with Gasteiger partial charge in [-0.2, -0.15) is 0 Å². The Bertz CT molecular complexity index is 837. The maximum Gasteiger partial charge on any atom is 0.269 e. The third-order valence-electron chi connectivity index (χ3n) is 4.73. The normalized spacial score (nSPS) is 13.7. The Morgan fingerprint density at radius 1 is 1.22 bits per heavy atom. The molecule has 1 aliphatic carbocycles. The molecular formula is C20H22ClN3O3. The van der Waals surface area contributed by atoms with Crippen molar-refractivity contribution in [1.82, 2.24) is 10.3 Å². The minimum absolute atomic E-state index is 0.0100. The highest BCUT2D eigenvalue weighted by molar-refractivity contribution is 6.30. The molecule has 3 N–H and O–H groups in total. The van der Waals surface area contributed by atoms with E-state index < -0.39 is 0 Å². The third kappa shape index (κ3) is 5.44. The molecule has 0 unspecified atom stereocenters. The van der Waals surface area contributed by atoms with Gasteiger partial charge < -0.3 is 15.7 Å². The fourth-order valence-corrected chi connectivity index (χ4v) is 3.16. The van der Waals surface area contributed by atoms with Crippen LogP contribution in [0.5, 0.6) is 5.75 Å². The largest absolute Gasteiger partial charge is 0.508 e. The summed E-state index contributed by atoms with van der Waals surface area (Å²) in [6, 6.07) is 7.69. The van der Waals surface area contributed by atoms with Gasteiger partial charge in [0.15, 0.2) is 0 Å². The molecule has 0 atom stereocenters. The summed E-state index contributed by atoms with van der Waals surface area (Å²) in [7, 11) is 0. The molecule has 1 aliphatic rings. The zero-order chi connectivity index (χ0) is 19.2. The summed E-state index contributed by atoms with van der Waals surface area (Å²) in [5, 5.41) is 15.8. The van der Waals surface area contributed by atoms with Gasteiger partial charge >= 0.3 is 0 Å². The lowest BCUT2D eigenvalue weighted by Gasteiger charge is -2.25. The summed E-state index contributed by atoms with van der Waals surface area (Å²) in [6.45, 7) is 0.635. The van der Waals surface area contributed by atoms with E-state index in [2.05, 4.69) is 15.6 Å². The van der Waals surface area contributed by atoms with E-state index in [0.717, 1.165) is 12.3 Å². The number of nitrogens with one attached hydrogen (secondary N) is 2. The van der Waals surface area contributed by atoms with Crippen LogP contribution in [0.25, 0.3) is 0 Å². The topological polar surface area (TPSA) is 91.3 Å². The fraction of sp³-hybridized carbons (Fsp3) is 0.350. The molecule has 0 bridgehead atoms. The quantitative estimate of drug-likeness (QED) is 0.677. The Kier molecular flexibility index (Phi) is 6.29. The number of pyridine rings is 1. The number of aromatic nitrogens is 1. The molecule has 1 heterocycles. The summed E-state index contributed by atoms with van der Waals surface area (Å²) in [5.41, 5.74) is 1.16. The molecule has 1 aromatic heterocycles. The zero-order valence-corrected chi connectivity index (χ0v) is 15.6. The first kappa shape index (κ1) is 19.2. The number of hydrogen-bond acceptors (Lipinski definition) is 4. The summed E-state index contributed by atoms with van der Waals surface area (Å²) in [6.07, 6.45) is 6.22. The monoisotopic (exact) mass is 387 g/mol. The van der Waals surface area contributed by atoms with Gasteiger partial charge in [-0.3, -0.25) is 14.6 Å². The number of carbonyl (C=O) groups is 2. The van der Waals surface area contributed by atoms with Gasteiger partial charge in [-0.05, 0) is 42.7 Å². The highest BCUT2D eigenvalue weighted by Gasteiger charge is 2.17. The van der Waals surface area contributed by atoms with E-state index in [4.69, 9.17) is 11.6 Å². The van der Waals surface area contributed by atoms with E-state index in [0.29, 0.717) is 22.8 Å². The van der Waals surface area contributed by atoms with Crippen LogP contribution in [0.1, 0.15) is 41.7 Å². The lowest BCUT2D eigenvalue weighted by atomic mass is 9.83. The number of anilines is 1. The molecule has 7 heteroatoms. The number of halogens is 1. The van der Waals surface area contributed by atoms with Crippen LogP contribution in [-0.4, -0.2) is 28.4 Å². The highest BCUT2D eigenvalue weighted by Crippen LogP contribution is 2.28. The predicted molar refractivity (Wildman–Crippen MR) is 104 cm³/mol. The van der Waals surface area contributed by atoms with E-state index in [1.807, 2.05) is 0 Å². The van der Waals surface area contributed by atoms with Crippen molar-refractivity contribution in [1.29, 1.82) is 0 Å². The SMILES string of the molecule is O=C(Cc1cc(Cl)ccc1O)Nc1ccnc(C(=O)NCCC2CCC2)c1. The van der Waals surface area contributed by atoms with Crippen LogP contribution in [0.2, 0.25) is 5.02 Å². The van der Waals surface area contributed by atoms with Crippen LogP contribution in [0.4, 0.5) is 5.69 Å². The molecule has 27 heavy (non-hydrogen) atoms. The lowest BCUT2D eigenvalue weighted by Crippen LogP contribution is -2.28. The molecule has 0 aliphatic heterocycles. The van der Waals surface area contributed by atoms with Crippen molar-refractivity contribution in [3.8, 4) is 5.75 Å². The highest BCUT2D eigenvalue weighted by atomic mass is 35.5. The first-order valence-corrected chi connectivity index (χ1v) is 9.40. The summed E-state index contributed by atoms with van der Waals surface area (Å²) < 4.78 is 0. The van der Waals surface area contributed by atoms with Gasteiger partial charge in [0.25, 0.3) is 5.91 Å². The molecular weight excluding hydrogens is 366 g/mol. The Balaban J connectivity index is 1.55. The number of aromatic hydroxyl groups is 1. The predicted octanol–water partition coefficient (Wildman–Crippen LogP) is 3.54. The average Bonchev–Trinajstić information content (AvgIpc) is 2.60. The van der Waals surface area contributed by atoms with Gasteiger partial charge in [-0.15, -0.1) is 0 Å². The number of phenolic OH excluding ortho intramolecular Hbond substituents is 1. The van der Waals surface area contributed by atoms with Crippen molar-refractivity contribution < 1.29 is 14.7 Å². The van der Waals surface area contributed by atoms with Crippen molar-refractivity contribution in [3.63, 3.8) is 0 Å². The minimum Gasteiger partial charge on any atom is -0.508 e. The molecule has 0 spiro atoms. The molecule has 6 nitrogen and oxygen atoms in total. The van der Waals surface area contributed by atoms with E-state index in [1.54, 1.807) is 18.2 Å². The number of hydrogen-bond donors (Lipinski definition) is 3. The number of benzene rings is 1. The van der Waals surface area contributed by atoms with Crippen molar-refractivity contribution in [2.24, 2.45) is 5.92 Å². The van der Waals surface area contributed by atoms with E-state index >= 15 is 0 Å². The lowest BCUT2D eigenvalue weighted by molar-refractivity contribution is -0.115. The summed E-state index contributed by atoms with van der Waals surface area (Å²) >= 11 is 5.89. The first-order chi connectivity index (χ1) is 13.0. The Morgan fingerprint density at radius 3 is 2.78 bits per heavy atom. The molecule has 1 saturated carbocycles. The van der Waals surface area contributed by atoms with Crippen molar-refractivity contribution in [2.75, 3.05) is 11.9 Å². The van der Waals surface area contributed by atoms with Gasteiger partial charge in [-0.25, -0.2) is 0 Å². The van der Waals surface area contributed by atoms with Gasteiger partial charge in [0.1, 0.15) is 11.4 Å². The van der Waals surface area contributed by atoms with Crippen LogP contribution >= 0.6 is 11.6 Å². The molecule has 0 saturated heterocycles. The third-order valence-corrected chi connectivity index (χ3v) is 4.97. The van der Waals surface area contributed by atoms with E-state index in [9.17, 15) is 14.7 Å². The van der Waals surface area contributed by atoms with E-state index in [1.165, 1.54) is 37.6 Å². The molecule has 142 valence electrons. The fourth-order valence-electron chi connectivity index (χ4n) is 2.97. The van der Waals surface area contributed by atoms with Crippen LogP contribution in [0.15, 0.2) is 36.5 Å². The van der Waals surface area contributed by atoms with Crippen molar-refractivity contribution in [3.05, 3.63) is 52.8 Å². The number of rotatable bonds is 7. The molecule has 1 aromatic carbocycles. The van der Waals surface area contributed by atoms with Crippen LogP contribution in [-0.2, 0) is 11.2 Å². The number of nitrogens with zero attached hydrogens (tertiary/aromatic N) is 1. The smallest absolute Gasteiger partial charge is 0.269 e. The molecule has 2 amide bonds. The number of carbonyl (C=O) groups excluding carboxylic acids is 2. The van der Waals surface area contributed by atoms with Crippen molar-refractivity contribution >= 4 is 29.1 Å². The molecule has 3 rings (SSSR count). The van der Waals surface area contributed by atoms with Crippen LogP contribution in [0, 0.1) is 5.92 Å². The Hall–Kier alpha value is -2.60. The minimum atomic E-state index is -0.324. The molecule has 1 fully saturated rings. The van der Waals surface area contributed by atoms with Crippen LogP contribution < -0.4 is 10.6 Å². The number of amides is 2. The maximum absolute atomic E-state index is 12.2. The van der Waals surface area contributed by atoms with Gasteiger partial charge in [-0.1, -0.05) is 30.9 Å². The van der Waals surface area contributed by atoms with E-state index in [-0.39, 0.29) is 29.7 Å². The zero-order valence-electron chi connectivity index (χ0n) is 14.9. The first-order valence-electron chi connectivity index (χ1n) is 9.03. The van der Waals surface area contributed by atoms with Gasteiger partial charge in [0.2, 0.25) is 5.91 Å². The van der Waals surface area contributed by atoms with Crippen molar-refractivity contribution in [2.45, 2.75) is 32.1 Å². The molecule has 2 aromatic rings. The molecule has 0 radical (unpaired) electrons. The summed E-state index contributed by atoms with van der Waals surface area (Å²) in [5.74, 6) is 0.163. The number of phenols is 1. The Labute approximate surface area is 163 Å². The second-order valence-electron chi connectivity index (χ2n) is 6.77. The average molecular weight is 388 g/mol. The second-order valence-corrected chi connectivity index (χ2v) is 7.21. The summed E-state index contributed by atoms with van der Waals surface area (Å²) in [4.78, 5) is 28.5. The maximum atomic E-state index is 12.2.